The van der Waals surface area contributed by atoms with Gasteiger partial charge in [0.1, 0.15) is 5.75 Å². The average Bonchev–Trinajstić information content (AvgIpc) is 2.21. The summed E-state index contributed by atoms with van der Waals surface area (Å²) in [6.07, 6.45) is 6.83. The molecule has 0 unspecified atom stereocenters. The predicted octanol–water partition coefficient (Wildman–Crippen LogP) is 2.55. The lowest BCUT2D eigenvalue weighted by molar-refractivity contribution is 0.464. The van der Waals surface area contributed by atoms with Gasteiger partial charge in [-0.2, -0.15) is 0 Å². The number of hydrogen-bond acceptors (Lipinski definition) is 2. The molecule has 0 aliphatic rings. The van der Waals surface area contributed by atoms with Crippen molar-refractivity contribution in [2.45, 2.75) is 19.4 Å². The Labute approximate surface area is 95.3 Å². The second kappa shape index (κ2) is 6.34. The van der Waals surface area contributed by atoms with Gasteiger partial charge in [0.15, 0.2) is 0 Å². The van der Waals surface area contributed by atoms with Crippen molar-refractivity contribution in [3.8, 4) is 18.1 Å². The molecule has 0 bridgehead atoms. The molecule has 1 aromatic carbocycles. The third-order valence-corrected chi connectivity index (χ3v) is 2.42. The van der Waals surface area contributed by atoms with E-state index in [9.17, 15) is 5.11 Å². The standard InChI is InChI=1S/C12H14ClNO/c1-2-3-4-8-14-9-10-11(13)6-5-7-12(10)15/h1,5-7,14-15H,3-4,8-9H2. The first kappa shape index (κ1) is 11.9. The first-order valence-electron chi connectivity index (χ1n) is 4.86. The molecule has 0 spiro atoms. The summed E-state index contributed by atoms with van der Waals surface area (Å²) in [7, 11) is 0. The minimum atomic E-state index is 0.229. The normalized spacial score (nSPS) is 9.87. The number of hydrogen-bond donors (Lipinski definition) is 2. The van der Waals surface area contributed by atoms with Gasteiger partial charge in [0.2, 0.25) is 0 Å². The van der Waals surface area contributed by atoms with E-state index in [2.05, 4.69) is 11.2 Å². The quantitative estimate of drug-likeness (QED) is 0.594. The number of benzene rings is 1. The molecule has 1 aromatic rings. The lowest BCUT2D eigenvalue weighted by Gasteiger charge is -2.07. The van der Waals surface area contributed by atoms with Gasteiger partial charge in [-0.25, -0.2) is 0 Å². The lowest BCUT2D eigenvalue weighted by atomic mass is 10.2. The third-order valence-electron chi connectivity index (χ3n) is 2.07. The summed E-state index contributed by atoms with van der Waals surface area (Å²) in [5.41, 5.74) is 0.736. The van der Waals surface area contributed by atoms with Crippen LogP contribution in [-0.2, 0) is 6.54 Å². The molecule has 1 rings (SSSR count). The van der Waals surface area contributed by atoms with Crippen molar-refractivity contribution in [1.82, 2.24) is 5.32 Å². The Morgan fingerprint density at radius 1 is 1.47 bits per heavy atom. The van der Waals surface area contributed by atoms with E-state index in [4.69, 9.17) is 18.0 Å². The highest BCUT2D eigenvalue weighted by molar-refractivity contribution is 6.31. The number of aromatic hydroxyl groups is 1. The fourth-order valence-corrected chi connectivity index (χ4v) is 1.49. The maximum atomic E-state index is 9.54. The summed E-state index contributed by atoms with van der Waals surface area (Å²) in [5.74, 6) is 2.80. The van der Waals surface area contributed by atoms with Gasteiger partial charge in [-0.05, 0) is 25.1 Å². The number of nitrogens with one attached hydrogen (secondary N) is 1. The van der Waals surface area contributed by atoms with Crippen LogP contribution >= 0.6 is 11.6 Å². The van der Waals surface area contributed by atoms with Crippen molar-refractivity contribution in [2.24, 2.45) is 0 Å². The number of unbranched alkanes of at least 4 members (excludes halogenated alkanes) is 1. The van der Waals surface area contributed by atoms with Crippen LogP contribution in [0.4, 0.5) is 0 Å². The van der Waals surface area contributed by atoms with E-state index in [0.717, 1.165) is 24.9 Å². The number of halogens is 1. The molecular formula is C12H14ClNO. The molecule has 2 N–H and O–H groups in total. The topological polar surface area (TPSA) is 32.3 Å². The van der Waals surface area contributed by atoms with Gasteiger partial charge < -0.3 is 10.4 Å². The SMILES string of the molecule is C#CCCCNCc1c(O)cccc1Cl. The Hall–Kier alpha value is -1.17. The van der Waals surface area contributed by atoms with Gasteiger partial charge in [0.25, 0.3) is 0 Å². The van der Waals surface area contributed by atoms with Crippen LogP contribution in [0.25, 0.3) is 0 Å². The molecule has 80 valence electrons. The average molecular weight is 224 g/mol. The van der Waals surface area contributed by atoms with Crippen LogP contribution in [0.15, 0.2) is 18.2 Å². The van der Waals surface area contributed by atoms with E-state index in [1.165, 1.54) is 0 Å². The lowest BCUT2D eigenvalue weighted by Crippen LogP contribution is -2.14. The second-order valence-corrected chi connectivity index (χ2v) is 3.63. The van der Waals surface area contributed by atoms with Gasteiger partial charge in [-0.1, -0.05) is 17.7 Å². The predicted molar refractivity (Wildman–Crippen MR) is 62.9 cm³/mol. The fraction of sp³-hybridized carbons (Fsp3) is 0.333. The van der Waals surface area contributed by atoms with Crippen molar-refractivity contribution < 1.29 is 5.11 Å². The Morgan fingerprint density at radius 3 is 2.93 bits per heavy atom. The van der Waals surface area contributed by atoms with E-state index in [1.807, 2.05) is 0 Å². The summed E-state index contributed by atoms with van der Waals surface area (Å²) in [5, 5.41) is 13.3. The van der Waals surface area contributed by atoms with E-state index < -0.39 is 0 Å². The van der Waals surface area contributed by atoms with Crippen molar-refractivity contribution in [3.05, 3.63) is 28.8 Å². The van der Waals surface area contributed by atoms with Crippen LogP contribution < -0.4 is 5.32 Å². The first-order valence-corrected chi connectivity index (χ1v) is 5.24. The summed E-state index contributed by atoms with van der Waals surface area (Å²) >= 11 is 5.94. The molecule has 0 amide bonds. The van der Waals surface area contributed by atoms with Crippen LogP contribution in [-0.4, -0.2) is 11.7 Å². The van der Waals surface area contributed by atoms with Gasteiger partial charge in [-0.15, -0.1) is 12.3 Å². The van der Waals surface area contributed by atoms with Crippen LogP contribution in [0, 0.1) is 12.3 Å². The van der Waals surface area contributed by atoms with Crippen LogP contribution in [0.1, 0.15) is 18.4 Å². The molecule has 0 saturated carbocycles. The van der Waals surface area contributed by atoms with E-state index in [0.29, 0.717) is 11.6 Å². The molecule has 3 heteroatoms. The Kier molecular flexibility index (Phi) is 5.03. The minimum absolute atomic E-state index is 0.229. The highest BCUT2D eigenvalue weighted by Crippen LogP contribution is 2.24. The summed E-state index contributed by atoms with van der Waals surface area (Å²) in [4.78, 5) is 0. The number of rotatable bonds is 5. The minimum Gasteiger partial charge on any atom is -0.508 e. The molecule has 0 aliphatic heterocycles. The smallest absolute Gasteiger partial charge is 0.121 e. The monoisotopic (exact) mass is 223 g/mol. The maximum Gasteiger partial charge on any atom is 0.121 e. The van der Waals surface area contributed by atoms with Crippen molar-refractivity contribution in [2.75, 3.05) is 6.54 Å². The molecule has 0 aromatic heterocycles. The van der Waals surface area contributed by atoms with Gasteiger partial charge in [-0.3, -0.25) is 0 Å². The van der Waals surface area contributed by atoms with Gasteiger partial charge >= 0.3 is 0 Å². The Bertz CT molecular complexity index is 337. The summed E-state index contributed by atoms with van der Waals surface area (Å²) < 4.78 is 0. The zero-order chi connectivity index (χ0) is 11.1. The largest absolute Gasteiger partial charge is 0.508 e. The fourth-order valence-electron chi connectivity index (χ4n) is 1.25. The molecule has 0 heterocycles. The van der Waals surface area contributed by atoms with E-state index >= 15 is 0 Å². The van der Waals surface area contributed by atoms with Crippen molar-refractivity contribution in [3.63, 3.8) is 0 Å². The summed E-state index contributed by atoms with van der Waals surface area (Å²) in [6.45, 7) is 1.39. The van der Waals surface area contributed by atoms with Gasteiger partial charge in [0, 0.05) is 23.6 Å². The molecule has 0 aliphatic carbocycles. The van der Waals surface area contributed by atoms with E-state index in [-0.39, 0.29) is 5.75 Å². The summed E-state index contributed by atoms with van der Waals surface area (Å²) in [6, 6.07) is 5.11. The molecule has 0 saturated heterocycles. The van der Waals surface area contributed by atoms with Crippen molar-refractivity contribution >= 4 is 11.6 Å². The second-order valence-electron chi connectivity index (χ2n) is 3.22. The molecular weight excluding hydrogens is 210 g/mol. The van der Waals surface area contributed by atoms with Crippen LogP contribution in [0.3, 0.4) is 0 Å². The first-order chi connectivity index (χ1) is 7.25. The number of phenolic OH excluding ortho intramolecular Hbond substituents is 1. The third kappa shape index (κ3) is 3.83. The van der Waals surface area contributed by atoms with Crippen LogP contribution in [0.5, 0.6) is 5.75 Å². The van der Waals surface area contributed by atoms with E-state index in [1.54, 1.807) is 18.2 Å². The molecule has 0 fully saturated rings. The van der Waals surface area contributed by atoms with Gasteiger partial charge in [0.05, 0.1) is 0 Å². The zero-order valence-corrected chi connectivity index (χ0v) is 9.22. The Balaban J connectivity index is 2.41. The highest BCUT2D eigenvalue weighted by Gasteiger charge is 2.04. The molecule has 15 heavy (non-hydrogen) atoms. The van der Waals surface area contributed by atoms with Crippen LogP contribution in [0.2, 0.25) is 5.02 Å². The maximum absolute atomic E-state index is 9.54. The molecule has 2 nitrogen and oxygen atoms in total. The van der Waals surface area contributed by atoms with Crippen molar-refractivity contribution in [1.29, 1.82) is 0 Å². The number of phenols is 1. The molecule has 0 atom stereocenters. The Morgan fingerprint density at radius 2 is 2.27 bits per heavy atom. The zero-order valence-electron chi connectivity index (χ0n) is 8.46. The highest BCUT2D eigenvalue weighted by atomic mass is 35.5. The number of terminal acetylenes is 1. The molecule has 0 radical (unpaired) electrons.